The highest BCUT2D eigenvalue weighted by Gasteiger charge is 2.35. The molecule has 2 aromatic rings. The molecule has 1 atom stereocenters. The van der Waals surface area contributed by atoms with Crippen LogP contribution in [-0.4, -0.2) is 28.6 Å². The molecule has 1 N–H and O–H groups in total. The Morgan fingerprint density at radius 1 is 1.33 bits per heavy atom. The van der Waals surface area contributed by atoms with E-state index in [2.05, 4.69) is 15.5 Å². The van der Waals surface area contributed by atoms with E-state index in [0.717, 1.165) is 0 Å². The number of anilines is 2. The van der Waals surface area contributed by atoms with Crippen molar-refractivity contribution in [2.45, 2.75) is 26.2 Å². The molecule has 1 fully saturated rings. The van der Waals surface area contributed by atoms with Crippen LogP contribution in [0.5, 0.6) is 0 Å². The van der Waals surface area contributed by atoms with Crippen molar-refractivity contribution in [1.82, 2.24) is 10.2 Å². The van der Waals surface area contributed by atoms with Crippen LogP contribution in [0.2, 0.25) is 0 Å². The van der Waals surface area contributed by atoms with Gasteiger partial charge in [-0.3, -0.25) is 14.9 Å². The van der Waals surface area contributed by atoms with Crippen LogP contribution in [0, 0.1) is 11.7 Å². The summed E-state index contributed by atoms with van der Waals surface area (Å²) in [5, 5.41) is 10.2. The summed E-state index contributed by atoms with van der Waals surface area (Å²) in [7, 11) is 0. The minimum atomic E-state index is -0.357. The Morgan fingerprint density at radius 2 is 2.04 bits per heavy atom. The summed E-state index contributed by atoms with van der Waals surface area (Å²) in [6.45, 7) is 3.87. The number of hydrogen-bond acceptors (Lipinski definition) is 5. The van der Waals surface area contributed by atoms with Crippen molar-refractivity contribution in [3.63, 3.8) is 0 Å². The lowest BCUT2D eigenvalue weighted by Crippen LogP contribution is -2.24. The van der Waals surface area contributed by atoms with Gasteiger partial charge >= 0.3 is 6.01 Å². The highest BCUT2D eigenvalue weighted by Crippen LogP contribution is 2.31. The van der Waals surface area contributed by atoms with Gasteiger partial charge in [0.05, 0.1) is 5.92 Å². The lowest BCUT2D eigenvalue weighted by atomic mass is 10.1. The van der Waals surface area contributed by atoms with Crippen LogP contribution in [0.1, 0.15) is 32.1 Å². The zero-order valence-electron chi connectivity index (χ0n) is 13.3. The number of nitrogens with zero attached hydrogens (tertiary/aromatic N) is 3. The maximum Gasteiger partial charge on any atom is 0.322 e. The second-order valence-corrected chi connectivity index (χ2v) is 5.97. The molecule has 0 radical (unpaired) electrons. The number of benzene rings is 1. The van der Waals surface area contributed by atoms with Gasteiger partial charge in [-0.25, -0.2) is 4.39 Å². The van der Waals surface area contributed by atoms with E-state index in [4.69, 9.17) is 4.42 Å². The third-order valence-corrected chi connectivity index (χ3v) is 3.81. The topological polar surface area (TPSA) is 88.3 Å². The van der Waals surface area contributed by atoms with E-state index < -0.39 is 0 Å². The molecule has 2 heterocycles. The summed E-state index contributed by atoms with van der Waals surface area (Å²) in [4.78, 5) is 25.4. The Kier molecular flexibility index (Phi) is 4.28. The van der Waals surface area contributed by atoms with Crippen LogP contribution in [-0.2, 0) is 9.59 Å². The van der Waals surface area contributed by atoms with Crippen LogP contribution in [0.25, 0.3) is 0 Å². The lowest BCUT2D eigenvalue weighted by Gasteiger charge is -2.15. The van der Waals surface area contributed by atoms with Crippen LogP contribution in [0.3, 0.4) is 0 Å². The van der Waals surface area contributed by atoms with E-state index in [1.54, 1.807) is 30.9 Å². The van der Waals surface area contributed by atoms with Gasteiger partial charge in [0, 0.05) is 24.6 Å². The Hall–Kier alpha value is -2.77. The molecular formula is C16H17FN4O3. The average Bonchev–Trinajstić information content (AvgIpc) is 3.15. The van der Waals surface area contributed by atoms with Crippen LogP contribution >= 0.6 is 0 Å². The highest BCUT2D eigenvalue weighted by molar-refractivity contribution is 5.96. The Labute approximate surface area is 137 Å². The molecule has 0 aliphatic carbocycles. The highest BCUT2D eigenvalue weighted by atomic mass is 19.1. The lowest BCUT2D eigenvalue weighted by molar-refractivity contribution is -0.119. The smallest absolute Gasteiger partial charge is 0.322 e. The maximum atomic E-state index is 13.0. The molecule has 3 rings (SSSR count). The van der Waals surface area contributed by atoms with Gasteiger partial charge in [0.15, 0.2) is 0 Å². The molecule has 1 aromatic heterocycles. The zero-order valence-corrected chi connectivity index (χ0v) is 13.3. The summed E-state index contributed by atoms with van der Waals surface area (Å²) in [6, 6.07) is 5.75. The summed E-state index contributed by atoms with van der Waals surface area (Å²) >= 11 is 0. The van der Waals surface area contributed by atoms with Crippen molar-refractivity contribution in [2.75, 3.05) is 16.8 Å². The van der Waals surface area contributed by atoms with Gasteiger partial charge < -0.3 is 9.32 Å². The van der Waals surface area contributed by atoms with E-state index in [-0.39, 0.29) is 41.9 Å². The first-order chi connectivity index (χ1) is 11.4. The number of nitrogens with one attached hydrogen (secondary N) is 1. The Balaban J connectivity index is 1.71. The molecule has 1 unspecified atom stereocenters. The first-order valence-corrected chi connectivity index (χ1v) is 7.64. The van der Waals surface area contributed by atoms with Gasteiger partial charge in [-0.05, 0) is 24.3 Å². The van der Waals surface area contributed by atoms with Crippen molar-refractivity contribution in [3.8, 4) is 0 Å². The van der Waals surface area contributed by atoms with Crippen molar-refractivity contribution in [2.24, 2.45) is 5.92 Å². The predicted octanol–water partition coefficient (Wildman–Crippen LogP) is 2.32. The standard InChI is InChI=1S/C16H17FN4O3/c1-9(2)14(23)18-16-20-19-15(24-16)10-7-13(22)21(8-10)12-5-3-11(17)4-6-12/h3-6,9-10H,7-8H2,1-2H3,(H,18,20,23). The molecule has 1 saturated heterocycles. The molecule has 0 bridgehead atoms. The second-order valence-electron chi connectivity index (χ2n) is 5.97. The average molecular weight is 332 g/mol. The molecule has 1 aliphatic heterocycles. The largest absolute Gasteiger partial charge is 0.407 e. The number of carbonyl (C=O) groups excluding carboxylic acids is 2. The fourth-order valence-corrected chi connectivity index (χ4v) is 2.44. The van der Waals surface area contributed by atoms with Gasteiger partial charge in [0.2, 0.25) is 17.7 Å². The number of amides is 2. The molecule has 1 aromatic carbocycles. The number of rotatable bonds is 4. The zero-order chi connectivity index (χ0) is 17.3. The van der Waals surface area contributed by atoms with E-state index >= 15 is 0 Å². The van der Waals surface area contributed by atoms with Crippen molar-refractivity contribution >= 4 is 23.5 Å². The van der Waals surface area contributed by atoms with Crippen LogP contribution in [0.15, 0.2) is 28.7 Å². The fraction of sp³-hybridized carbons (Fsp3) is 0.375. The maximum absolute atomic E-state index is 13.0. The number of hydrogen-bond donors (Lipinski definition) is 1. The Bertz CT molecular complexity index is 757. The molecule has 1 aliphatic rings. The van der Waals surface area contributed by atoms with E-state index in [1.165, 1.54) is 12.1 Å². The number of aromatic nitrogens is 2. The van der Waals surface area contributed by atoms with E-state index in [0.29, 0.717) is 18.1 Å². The fourth-order valence-electron chi connectivity index (χ4n) is 2.44. The normalized spacial score (nSPS) is 17.6. The summed E-state index contributed by atoms with van der Waals surface area (Å²) in [5.41, 5.74) is 0.622. The molecular weight excluding hydrogens is 315 g/mol. The summed E-state index contributed by atoms with van der Waals surface area (Å²) < 4.78 is 18.5. The van der Waals surface area contributed by atoms with Crippen molar-refractivity contribution in [1.29, 1.82) is 0 Å². The molecule has 8 heteroatoms. The molecule has 126 valence electrons. The molecule has 0 saturated carbocycles. The van der Waals surface area contributed by atoms with Crippen molar-refractivity contribution < 1.29 is 18.4 Å². The van der Waals surface area contributed by atoms with E-state index in [9.17, 15) is 14.0 Å². The van der Waals surface area contributed by atoms with Gasteiger partial charge in [-0.2, -0.15) is 0 Å². The quantitative estimate of drug-likeness (QED) is 0.928. The minimum Gasteiger partial charge on any atom is -0.407 e. The first kappa shape index (κ1) is 16.1. The van der Waals surface area contributed by atoms with Gasteiger partial charge in [-0.1, -0.05) is 18.9 Å². The summed E-state index contributed by atoms with van der Waals surface area (Å²) in [6.07, 6.45) is 0.219. The third-order valence-electron chi connectivity index (χ3n) is 3.81. The molecule has 24 heavy (non-hydrogen) atoms. The minimum absolute atomic E-state index is 0.0244. The molecule has 2 amide bonds. The van der Waals surface area contributed by atoms with E-state index in [1.807, 2.05) is 0 Å². The number of halogens is 1. The summed E-state index contributed by atoms with van der Waals surface area (Å²) in [5.74, 6) is -0.850. The van der Waals surface area contributed by atoms with Crippen molar-refractivity contribution in [3.05, 3.63) is 36.0 Å². The van der Waals surface area contributed by atoms with Crippen LogP contribution < -0.4 is 10.2 Å². The molecule has 7 nitrogen and oxygen atoms in total. The van der Waals surface area contributed by atoms with Gasteiger partial charge in [0.25, 0.3) is 0 Å². The molecule has 0 spiro atoms. The third kappa shape index (κ3) is 3.27. The monoisotopic (exact) mass is 332 g/mol. The second kappa shape index (κ2) is 6.38. The van der Waals surface area contributed by atoms with Gasteiger partial charge in [0.1, 0.15) is 5.82 Å². The Morgan fingerprint density at radius 3 is 2.71 bits per heavy atom. The van der Waals surface area contributed by atoms with Crippen LogP contribution in [0.4, 0.5) is 16.1 Å². The van der Waals surface area contributed by atoms with Gasteiger partial charge in [-0.15, -0.1) is 5.10 Å². The number of carbonyl (C=O) groups is 2. The predicted molar refractivity (Wildman–Crippen MR) is 83.9 cm³/mol. The first-order valence-electron chi connectivity index (χ1n) is 7.64. The SMILES string of the molecule is CC(C)C(=O)Nc1nnc(C2CC(=O)N(c3ccc(F)cc3)C2)o1.